The molecular weight excluding hydrogens is 226 g/mol. The first-order chi connectivity index (χ1) is 6.84. The number of H-pyrrole nitrogens is 1. The van der Waals surface area contributed by atoms with Gasteiger partial charge in [-0.3, -0.25) is 0 Å². The van der Waals surface area contributed by atoms with Crippen LogP contribution in [0.2, 0.25) is 0 Å². The SMILES string of the molecule is FC(F)=C(F)C(F)(F)Cc1[nH]cnc1F. The number of hydrogen-bond donors (Lipinski definition) is 1. The number of nitrogens with zero attached hydrogens (tertiary/aromatic N) is 1. The average Bonchev–Trinajstić information content (AvgIpc) is 2.50. The molecule has 2 nitrogen and oxygen atoms in total. The van der Waals surface area contributed by atoms with E-state index in [4.69, 9.17) is 0 Å². The van der Waals surface area contributed by atoms with Crippen LogP contribution in [-0.4, -0.2) is 15.9 Å². The summed E-state index contributed by atoms with van der Waals surface area (Å²) in [7, 11) is 0. The Hall–Kier alpha value is -1.47. The van der Waals surface area contributed by atoms with E-state index in [2.05, 4.69) is 4.98 Å². The Morgan fingerprint density at radius 2 is 1.93 bits per heavy atom. The number of imidazole rings is 1. The number of aromatic nitrogens is 2. The van der Waals surface area contributed by atoms with Crippen LogP contribution in [0.3, 0.4) is 0 Å². The molecule has 1 rings (SSSR count). The van der Waals surface area contributed by atoms with Gasteiger partial charge in [-0.05, 0) is 0 Å². The lowest BCUT2D eigenvalue weighted by Crippen LogP contribution is -2.22. The third kappa shape index (κ3) is 2.51. The molecule has 0 amide bonds. The number of alkyl halides is 2. The first-order valence-electron chi connectivity index (χ1n) is 3.61. The number of rotatable bonds is 3. The molecule has 1 N–H and O–H groups in total. The third-order valence-corrected chi connectivity index (χ3v) is 1.55. The molecule has 0 aliphatic rings. The number of allylic oxidation sites excluding steroid dienone is 1. The molecule has 84 valence electrons. The van der Waals surface area contributed by atoms with Crippen molar-refractivity contribution < 1.29 is 26.3 Å². The van der Waals surface area contributed by atoms with Crippen molar-refractivity contribution >= 4 is 0 Å². The third-order valence-electron chi connectivity index (χ3n) is 1.55. The van der Waals surface area contributed by atoms with Gasteiger partial charge in [-0.2, -0.15) is 26.3 Å². The van der Waals surface area contributed by atoms with Crippen molar-refractivity contribution in [2.45, 2.75) is 12.3 Å². The monoisotopic (exact) mass is 230 g/mol. The van der Waals surface area contributed by atoms with Gasteiger partial charge in [0.2, 0.25) is 11.8 Å². The molecule has 0 radical (unpaired) electrons. The molecule has 0 saturated carbocycles. The normalized spacial score (nSPS) is 11.6. The molecule has 15 heavy (non-hydrogen) atoms. The molecule has 0 fully saturated rings. The Labute approximate surface area is 79.6 Å². The van der Waals surface area contributed by atoms with Crippen molar-refractivity contribution in [3.8, 4) is 0 Å². The minimum atomic E-state index is -4.45. The second-order valence-corrected chi connectivity index (χ2v) is 2.63. The quantitative estimate of drug-likeness (QED) is 0.794. The number of nitrogens with one attached hydrogen (secondary N) is 1. The average molecular weight is 230 g/mol. The second-order valence-electron chi connectivity index (χ2n) is 2.63. The smallest absolute Gasteiger partial charge is 0.309 e. The van der Waals surface area contributed by atoms with Crippen LogP contribution in [0.4, 0.5) is 26.3 Å². The molecule has 1 aromatic heterocycles. The van der Waals surface area contributed by atoms with E-state index in [1.807, 2.05) is 4.98 Å². The number of halogens is 6. The molecule has 0 aliphatic heterocycles. The predicted octanol–water partition coefficient (Wildman–Crippen LogP) is 2.80. The van der Waals surface area contributed by atoms with E-state index < -0.39 is 35.9 Å². The molecular formula is C7H4F6N2. The van der Waals surface area contributed by atoms with Gasteiger partial charge in [-0.1, -0.05) is 0 Å². The zero-order chi connectivity index (χ0) is 11.6. The summed E-state index contributed by atoms with van der Waals surface area (Å²) in [6.07, 6.45) is -3.91. The van der Waals surface area contributed by atoms with Crippen LogP contribution in [0, 0.1) is 5.95 Å². The number of aromatic amines is 1. The van der Waals surface area contributed by atoms with Crippen molar-refractivity contribution in [2.75, 3.05) is 0 Å². The maximum absolute atomic E-state index is 12.7. The van der Waals surface area contributed by atoms with E-state index in [-0.39, 0.29) is 0 Å². The van der Waals surface area contributed by atoms with Gasteiger partial charge in [0, 0.05) is 0 Å². The van der Waals surface area contributed by atoms with Gasteiger partial charge >= 0.3 is 12.0 Å². The Kier molecular flexibility index (Phi) is 3.06. The maximum atomic E-state index is 12.7. The summed E-state index contributed by atoms with van der Waals surface area (Å²) in [5.74, 6) is -8.59. The number of hydrogen-bond acceptors (Lipinski definition) is 1. The van der Waals surface area contributed by atoms with E-state index in [9.17, 15) is 26.3 Å². The van der Waals surface area contributed by atoms with Crippen molar-refractivity contribution in [3.05, 3.63) is 29.9 Å². The highest BCUT2D eigenvalue weighted by Crippen LogP contribution is 2.32. The topological polar surface area (TPSA) is 28.7 Å². The largest absolute Gasteiger partial charge is 0.346 e. The van der Waals surface area contributed by atoms with Crippen LogP contribution in [0.25, 0.3) is 0 Å². The highest BCUT2D eigenvalue weighted by molar-refractivity contribution is 5.11. The Bertz CT molecular complexity index is 379. The summed E-state index contributed by atoms with van der Waals surface area (Å²) < 4.78 is 73.3. The Morgan fingerprint density at radius 1 is 1.33 bits per heavy atom. The first kappa shape index (κ1) is 11.6. The minimum absolute atomic E-state index is 0.739. The lowest BCUT2D eigenvalue weighted by Gasteiger charge is -2.11. The molecule has 1 heterocycles. The molecule has 8 heteroatoms. The summed E-state index contributed by atoms with van der Waals surface area (Å²) in [5, 5.41) is 0. The van der Waals surface area contributed by atoms with E-state index in [0.717, 1.165) is 6.33 Å². The highest BCUT2D eigenvalue weighted by atomic mass is 19.3. The summed E-state index contributed by atoms with van der Waals surface area (Å²) in [5.41, 5.74) is -0.739. The highest BCUT2D eigenvalue weighted by Gasteiger charge is 2.40. The molecule has 0 spiro atoms. The van der Waals surface area contributed by atoms with Crippen LogP contribution in [0.5, 0.6) is 0 Å². The van der Waals surface area contributed by atoms with Crippen molar-refractivity contribution in [2.24, 2.45) is 0 Å². The molecule has 0 unspecified atom stereocenters. The van der Waals surface area contributed by atoms with Gasteiger partial charge in [0.15, 0.2) is 0 Å². The molecule has 0 saturated heterocycles. The summed E-state index contributed by atoms with van der Waals surface area (Å²) in [6, 6.07) is 0. The van der Waals surface area contributed by atoms with Crippen LogP contribution in [0.15, 0.2) is 18.2 Å². The van der Waals surface area contributed by atoms with E-state index in [1.54, 1.807) is 0 Å². The van der Waals surface area contributed by atoms with Crippen molar-refractivity contribution in [3.63, 3.8) is 0 Å². The lowest BCUT2D eigenvalue weighted by atomic mass is 10.2. The minimum Gasteiger partial charge on any atom is -0.346 e. The zero-order valence-electron chi connectivity index (χ0n) is 7.00. The van der Waals surface area contributed by atoms with Crippen LogP contribution in [-0.2, 0) is 6.42 Å². The summed E-state index contributed by atoms with van der Waals surface area (Å²) in [6.45, 7) is 0. The summed E-state index contributed by atoms with van der Waals surface area (Å²) in [4.78, 5) is 4.88. The molecule has 0 bridgehead atoms. The van der Waals surface area contributed by atoms with Gasteiger partial charge < -0.3 is 4.98 Å². The molecule has 0 aromatic carbocycles. The summed E-state index contributed by atoms with van der Waals surface area (Å²) >= 11 is 0. The van der Waals surface area contributed by atoms with Gasteiger partial charge in [-0.15, -0.1) is 0 Å². The molecule has 1 aromatic rings. The van der Waals surface area contributed by atoms with Crippen LogP contribution < -0.4 is 0 Å². The Morgan fingerprint density at radius 3 is 2.33 bits per heavy atom. The van der Waals surface area contributed by atoms with Crippen molar-refractivity contribution in [1.82, 2.24) is 9.97 Å². The van der Waals surface area contributed by atoms with Crippen molar-refractivity contribution in [1.29, 1.82) is 0 Å². The fourth-order valence-corrected chi connectivity index (χ4v) is 0.866. The van der Waals surface area contributed by atoms with E-state index in [1.165, 1.54) is 0 Å². The Balaban J connectivity index is 2.91. The van der Waals surface area contributed by atoms with Gasteiger partial charge in [0.1, 0.15) is 0 Å². The molecule has 0 atom stereocenters. The van der Waals surface area contributed by atoms with E-state index in [0.29, 0.717) is 0 Å². The van der Waals surface area contributed by atoms with Crippen LogP contribution >= 0.6 is 0 Å². The van der Waals surface area contributed by atoms with Gasteiger partial charge in [0.25, 0.3) is 0 Å². The van der Waals surface area contributed by atoms with Gasteiger partial charge in [0.05, 0.1) is 18.4 Å². The lowest BCUT2D eigenvalue weighted by molar-refractivity contribution is 0.00956. The zero-order valence-corrected chi connectivity index (χ0v) is 7.00. The first-order valence-corrected chi connectivity index (χ1v) is 3.61. The molecule has 0 aliphatic carbocycles. The standard InChI is InChI=1S/C7H4F6N2/c8-4(5(9)10)7(12,13)1-3-6(11)15-2-14-3/h2H,1H2,(H,14,15). The van der Waals surface area contributed by atoms with E-state index >= 15 is 0 Å². The van der Waals surface area contributed by atoms with Crippen LogP contribution in [0.1, 0.15) is 5.69 Å². The fraction of sp³-hybridized carbons (Fsp3) is 0.286. The fourth-order valence-electron chi connectivity index (χ4n) is 0.866. The van der Waals surface area contributed by atoms with Gasteiger partial charge in [-0.25, -0.2) is 4.98 Å². The second kappa shape index (κ2) is 3.95. The maximum Gasteiger partial charge on any atom is 0.309 e. The predicted molar refractivity (Wildman–Crippen MR) is 37.5 cm³/mol.